The Labute approximate surface area is 107 Å². The summed E-state index contributed by atoms with van der Waals surface area (Å²) in [6.45, 7) is -0.0843. The number of aromatic nitrogens is 3. The van der Waals surface area contributed by atoms with Crippen LogP contribution in [0.15, 0.2) is 12.1 Å². The minimum absolute atomic E-state index is 0.0175. The lowest BCUT2D eigenvalue weighted by Crippen LogP contribution is -2.14. The fraction of sp³-hybridized carbons (Fsp3) is 0.300. The van der Waals surface area contributed by atoms with Crippen molar-refractivity contribution in [3.05, 3.63) is 23.5 Å². The second kappa shape index (κ2) is 4.57. The molecule has 0 bridgehead atoms. The van der Waals surface area contributed by atoms with Gasteiger partial charge in [0.15, 0.2) is 0 Å². The van der Waals surface area contributed by atoms with Crippen molar-refractivity contribution < 1.29 is 22.7 Å². The van der Waals surface area contributed by atoms with Crippen molar-refractivity contribution in [2.24, 2.45) is 0 Å². The number of nitrogens with zero attached hydrogens (tertiary/aromatic N) is 3. The smallest absolute Gasteiger partial charge is 0.340 e. The van der Waals surface area contributed by atoms with Crippen LogP contribution in [0.3, 0.4) is 0 Å². The van der Waals surface area contributed by atoms with Gasteiger partial charge in [0.25, 0.3) is 0 Å². The van der Waals surface area contributed by atoms with Crippen molar-refractivity contribution in [3.8, 4) is 0 Å². The van der Waals surface area contributed by atoms with Gasteiger partial charge in [0.05, 0.1) is 12.3 Å². The minimum atomic E-state index is -3.24. The summed E-state index contributed by atoms with van der Waals surface area (Å²) in [6, 6.07) is 2.28. The van der Waals surface area contributed by atoms with E-state index < -0.39 is 27.2 Å². The highest BCUT2D eigenvalue weighted by atomic mass is 32.2. The molecule has 9 heteroatoms. The van der Waals surface area contributed by atoms with E-state index >= 15 is 0 Å². The molecule has 0 atom stereocenters. The summed E-state index contributed by atoms with van der Waals surface area (Å²) < 4.78 is 36.8. The first-order valence-electron chi connectivity index (χ1n) is 5.22. The van der Waals surface area contributed by atoms with Gasteiger partial charge in [-0.3, -0.25) is 0 Å². The van der Waals surface area contributed by atoms with E-state index in [2.05, 4.69) is 10.3 Å². The molecule has 0 spiro atoms. The highest BCUT2D eigenvalue weighted by molar-refractivity contribution is 7.90. The third-order valence-electron chi connectivity index (χ3n) is 2.51. The third-order valence-corrected chi connectivity index (χ3v) is 3.44. The molecule has 1 aromatic carbocycles. The average Bonchev–Trinajstić information content (AvgIpc) is 2.67. The summed E-state index contributed by atoms with van der Waals surface area (Å²) in [5, 5.41) is 16.4. The van der Waals surface area contributed by atoms with Crippen LogP contribution in [0.5, 0.6) is 0 Å². The maximum atomic E-state index is 13.5. The molecule has 1 aromatic heterocycles. The van der Waals surface area contributed by atoms with Crippen molar-refractivity contribution in [1.82, 2.24) is 15.0 Å². The third kappa shape index (κ3) is 2.70. The molecule has 1 N–H and O–H groups in total. The van der Waals surface area contributed by atoms with Gasteiger partial charge in [-0.25, -0.2) is 22.3 Å². The van der Waals surface area contributed by atoms with E-state index in [0.29, 0.717) is 0 Å². The number of aryl methyl sites for hydroxylation is 1. The Kier molecular flexibility index (Phi) is 3.23. The molecule has 0 radical (unpaired) electrons. The molecule has 7 nitrogen and oxygen atoms in total. The van der Waals surface area contributed by atoms with Crippen LogP contribution in [-0.2, 0) is 16.4 Å². The maximum absolute atomic E-state index is 13.5. The number of carboxylic acids is 1. The zero-order chi connectivity index (χ0) is 14.2. The van der Waals surface area contributed by atoms with Gasteiger partial charge in [0.1, 0.15) is 32.3 Å². The molecular weight excluding hydrogens is 277 g/mol. The average molecular weight is 287 g/mol. The number of sulfone groups is 1. The first kappa shape index (κ1) is 13.4. The van der Waals surface area contributed by atoms with Crippen molar-refractivity contribution in [3.63, 3.8) is 0 Å². The Hall–Kier alpha value is -2.03. The minimum Gasteiger partial charge on any atom is -0.478 e. The van der Waals surface area contributed by atoms with Crippen LogP contribution >= 0.6 is 0 Å². The Morgan fingerprint density at radius 3 is 2.74 bits per heavy atom. The number of hydrogen-bond acceptors (Lipinski definition) is 5. The van der Waals surface area contributed by atoms with Crippen LogP contribution in [0.2, 0.25) is 0 Å². The lowest BCUT2D eigenvalue weighted by atomic mass is 10.1. The highest BCUT2D eigenvalue weighted by Gasteiger charge is 2.20. The van der Waals surface area contributed by atoms with Crippen molar-refractivity contribution in [2.75, 3.05) is 12.0 Å². The zero-order valence-corrected chi connectivity index (χ0v) is 10.7. The number of carboxylic acid groups (broad SMARTS) is 1. The SMILES string of the molecule is CS(=O)(=O)CCn1nnc2ccc(F)c(C(=O)O)c21. The molecule has 0 amide bonds. The topological polar surface area (TPSA) is 102 Å². The molecule has 0 fully saturated rings. The van der Waals surface area contributed by atoms with Gasteiger partial charge in [-0.2, -0.15) is 0 Å². The van der Waals surface area contributed by atoms with Gasteiger partial charge in [-0.15, -0.1) is 5.10 Å². The summed E-state index contributed by atoms with van der Waals surface area (Å²) in [4.78, 5) is 11.1. The quantitative estimate of drug-likeness (QED) is 0.868. The monoisotopic (exact) mass is 287 g/mol. The van der Waals surface area contributed by atoms with Gasteiger partial charge >= 0.3 is 5.97 Å². The summed E-state index contributed by atoms with van der Waals surface area (Å²) in [5.41, 5.74) is -0.376. The number of hydrogen-bond donors (Lipinski definition) is 1. The van der Waals surface area contributed by atoms with Crippen molar-refractivity contribution in [1.29, 1.82) is 0 Å². The largest absolute Gasteiger partial charge is 0.478 e. The van der Waals surface area contributed by atoms with Gasteiger partial charge in [-0.1, -0.05) is 5.21 Å². The molecule has 2 aromatic rings. The van der Waals surface area contributed by atoms with Gasteiger partial charge in [0, 0.05) is 6.26 Å². The molecule has 102 valence electrons. The van der Waals surface area contributed by atoms with E-state index in [1.807, 2.05) is 0 Å². The predicted molar refractivity (Wildman–Crippen MR) is 64.2 cm³/mol. The van der Waals surface area contributed by atoms with Crippen LogP contribution in [0.4, 0.5) is 4.39 Å². The van der Waals surface area contributed by atoms with E-state index in [-0.39, 0.29) is 23.3 Å². The molecule has 0 aliphatic rings. The number of aromatic carboxylic acids is 1. The van der Waals surface area contributed by atoms with E-state index in [9.17, 15) is 17.6 Å². The lowest BCUT2D eigenvalue weighted by molar-refractivity contribution is 0.0693. The van der Waals surface area contributed by atoms with Crippen LogP contribution in [-0.4, -0.2) is 46.5 Å². The maximum Gasteiger partial charge on any atom is 0.340 e. The van der Waals surface area contributed by atoms with E-state index in [1.54, 1.807) is 0 Å². The summed E-state index contributed by atoms with van der Waals surface area (Å²) >= 11 is 0. The van der Waals surface area contributed by atoms with Crippen LogP contribution in [0, 0.1) is 5.82 Å². The summed E-state index contributed by atoms with van der Waals surface area (Å²) in [6.07, 6.45) is 1.05. The van der Waals surface area contributed by atoms with E-state index in [4.69, 9.17) is 5.11 Å². The molecule has 0 aliphatic heterocycles. The van der Waals surface area contributed by atoms with Crippen molar-refractivity contribution >= 4 is 26.8 Å². The Balaban J connectivity index is 2.57. The molecule has 0 saturated heterocycles. The number of fused-ring (bicyclic) bond motifs is 1. The number of benzene rings is 1. The standard InChI is InChI=1S/C10H10FN3O4S/c1-19(17,18)5-4-14-9-7(12-13-14)3-2-6(11)8(9)10(15)16/h2-3H,4-5H2,1H3,(H,15,16). The molecule has 1 heterocycles. The molecule has 0 aliphatic carbocycles. The van der Waals surface area contributed by atoms with Crippen LogP contribution in [0.1, 0.15) is 10.4 Å². The van der Waals surface area contributed by atoms with Crippen molar-refractivity contribution in [2.45, 2.75) is 6.54 Å². The number of carbonyl (C=O) groups is 1. The predicted octanol–water partition coefficient (Wildman–Crippen LogP) is 0.313. The number of rotatable bonds is 4. The van der Waals surface area contributed by atoms with Gasteiger partial charge in [-0.05, 0) is 12.1 Å². The number of halogens is 1. The zero-order valence-electron chi connectivity index (χ0n) is 9.87. The van der Waals surface area contributed by atoms with Crippen LogP contribution < -0.4 is 0 Å². The molecular formula is C10H10FN3O4S. The van der Waals surface area contributed by atoms with Gasteiger partial charge in [0.2, 0.25) is 0 Å². The molecule has 19 heavy (non-hydrogen) atoms. The normalized spacial score (nSPS) is 11.9. The Morgan fingerprint density at radius 2 is 2.16 bits per heavy atom. The lowest BCUT2D eigenvalue weighted by Gasteiger charge is -2.04. The first-order chi connectivity index (χ1) is 8.79. The van der Waals surface area contributed by atoms with E-state index in [1.165, 1.54) is 6.07 Å². The summed E-state index contributed by atoms with van der Waals surface area (Å²) in [5.74, 6) is -2.60. The van der Waals surface area contributed by atoms with Crippen LogP contribution in [0.25, 0.3) is 11.0 Å². The molecule has 2 rings (SSSR count). The Bertz CT molecular complexity index is 753. The molecule has 0 saturated carbocycles. The fourth-order valence-electron chi connectivity index (χ4n) is 1.66. The second-order valence-electron chi connectivity index (χ2n) is 4.04. The van der Waals surface area contributed by atoms with Gasteiger partial charge < -0.3 is 5.11 Å². The molecule has 0 unspecified atom stereocenters. The summed E-state index contributed by atoms with van der Waals surface area (Å²) in [7, 11) is -3.24. The first-order valence-corrected chi connectivity index (χ1v) is 7.28. The second-order valence-corrected chi connectivity index (χ2v) is 6.30. The van der Waals surface area contributed by atoms with E-state index in [0.717, 1.165) is 17.0 Å². The fourth-order valence-corrected chi connectivity index (χ4v) is 2.16. The Morgan fingerprint density at radius 1 is 1.47 bits per heavy atom. The highest BCUT2D eigenvalue weighted by Crippen LogP contribution is 2.20.